The number of aromatic nitrogens is 1. The largest absolute Gasteiger partial charge is 0.447 e. The summed E-state index contributed by atoms with van der Waals surface area (Å²) in [6.07, 6.45) is 3.00. The van der Waals surface area contributed by atoms with E-state index in [1.165, 1.54) is 12.5 Å². The van der Waals surface area contributed by atoms with Gasteiger partial charge in [-0.05, 0) is 12.5 Å². The number of hydrogen-bond acceptors (Lipinski definition) is 5. The molecule has 0 saturated heterocycles. The Morgan fingerprint density at radius 3 is 2.94 bits per heavy atom. The van der Waals surface area contributed by atoms with Crippen LogP contribution in [0.1, 0.15) is 16.9 Å². The zero-order chi connectivity index (χ0) is 13.0. The minimum atomic E-state index is -0.366. The Kier molecular flexibility index (Phi) is 3.69. The molecular weight excluding hydrogens is 234 g/mol. The molecule has 0 aliphatic rings. The summed E-state index contributed by atoms with van der Waals surface area (Å²) in [6, 6.07) is 5.07. The summed E-state index contributed by atoms with van der Waals surface area (Å²) in [4.78, 5) is 14.2. The fourth-order valence-corrected chi connectivity index (χ4v) is 1.71. The number of nitro benzene ring substituents is 1. The zero-order valence-electron chi connectivity index (χ0n) is 9.92. The Morgan fingerprint density at radius 2 is 2.28 bits per heavy atom. The van der Waals surface area contributed by atoms with Gasteiger partial charge in [0.15, 0.2) is 6.39 Å². The second-order valence-corrected chi connectivity index (χ2v) is 3.89. The minimum Gasteiger partial charge on any atom is -0.447 e. The molecule has 1 heterocycles. The third-order valence-electron chi connectivity index (χ3n) is 2.71. The van der Waals surface area contributed by atoms with Gasteiger partial charge in [-0.3, -0.25) is 10.1 Å². The van der Waals surface area contributed by atoms with Gasteiger partial charge in [0.2, 0.25) is 0 Å². The van der Waals surface area contributed by atoms with E-state index in [4.69, 9.17) is 4.42 Å². The van der Waals surface area contributed by atoms with E-state index in [1.807, 2.05) is 6.07 Å². The van der Waals surface area contributed by atoms with E-state index in [0.29, 0.717) is 18.7 Å². The maximum Gasteiger partial charge on any atom is 0.272 e. The van der Waals surface area contributed by atoms with Gasteiger partial charge >= 0.3 is 0 Å². The first-order chi connectivity index (χ1) is 8.68. The normalized spacial score (nSPS) is 10.5. The lowest BCUT2D eigenvalue weighted by atomic mass is 10.1. The smallest absolute Gasteiger partial charge is 0.272 e. The number of hydrogen-bond donors (Lipinski definition) is 1. The SMILES string of the molecule is Cc1c(CNCc2cnco2)cccc1[N+](=O)[O-]. The number of nitrogens with zero attached hydrogens (tertiary/aromatic N) is 2. The molecule has 2 aromatic rings. The van der Waals surface area contributed by atoms with Crippen molar-refractivity contribution in [2.24, 2.45) is 0 Å². The van der Waals surface area contributed by atoms with E-state index in [0.717, 1.165) is 11.3 Å². The summed E-state index contributed by atoms with van der Waals surface area (Å²) < 4.78 is 5.08. The molecule has 1 aromatic heterocycles. The Bertz CT molecular complexity index is 538. The van der Waals surface area contributed by atoms with Crippen LogP contribution >= 0.6 is 0 Å². The first-order valence-electron chi connectivity index (χ1n) is 5.49. The van der Waals surface area contributed by atoms with E-state index < -0.39 is 0 Å². The summed E-state index contributed by atoms with van der Waals surface area (Å²) in [6.45, 7) is 2.85. The van der Waals surface area contributed by atoms with Crippen molar-refractivity contribution in [2.75, 3.05) is 0 Å². The van der Waals surface area contributed by atoms with Crippen molar-refractivity contribution in [3.63, 3.8) is 0 Å². The fraction of sp³-hybridized carbons (Fsp3) is 0.250. The third kappa shape index (κ3) is 2.72. The maximum atomic E-state index is 10.8. The van der Waals surface area contributed by atoms with Crippen molar-refractivity contribution in [1.29, 1.82) is 0 Å². The second kappa shape index (κ2) is 5.42. The van der Waals surface area contributed by atoms with Gasteiger partial charge in [-0.15, -0.1) is 0 Å². The highest BCUT2D eigenvalue weighted by molar-refractivity contribution is 5.44. The van der Waals surface area contributed by atoms with Gasteiger partial charge in [0.1, 0.15) is 5.76 Å². The molecule has 1 aromatic carbocycles. The summed E-state index contributed by atoms with van der Waals surface area (Å²) in [5.41, 5.74) is 1.74. The Labute approximate surface area is 104 Å². The van der Waals surface area contributed by atoms with Crippen molar-refractivity contribution in [3.8, 4) is 0 Å². The molecule has 0 amide bonds. The van der Waals surface area contributed by atoms with E-state index >= 15 is 0 Å². The summed E-state index contributed by atoms with van der Waals surface area (Å²) in [5, 5.41) is 14.0. The van der Waals surface area contributed by atoms with Crippen LogP contribution in [-0.2, 0) is 13.1 Å². The van der Waals surface area contributed by atoms with Crippen molar-refractivity contribution in [1.82, 2.24) is 10.3 Å². The number of nitrogens with one attached hydrogen (secondary N) is 1. The molecule has 0 aliphatic heterocycles. The molecule has 6 heteroatoms. The predicted octanol–water partition coefficient (Wildman–Crippen LogP) is 2.18. The van der Waals surface area contributed by atoms with Gasteiger partial charge in [0.05, 0.1) is 17.7 Å². The van der Waals surface area contributed by atoms with E-state index in [1.54, 1.807) is 19.2 Å². The Hall–Kier alpha value is -2.21. The van der Waals surface area contributed by atoms with Crippen LogP contribution in [0.3, 0.4) is 0 Å². The highest BCUT2D eigenvalue weighted by Gasteiger charge is 2.12. The molecule has 0 spiro atoms. The molecule has 2 rings (SSSR count). The summed E-state index contributed by atoms with van der Waals surface area (Å²) in [5.74, 6) is 0.734. The molecule has 18 heavy (non-hydrogen) atoms. The Morgan fingerprint density at radius 1 is 1.44 bits per heavy atom. The van der Waals surface area contributed by atoms with Crippen LogP contribution in [0.5, 0.6) is 0 Å². The molecule has 0 bridgehead atoms. The van der Waals surface area contributed by atoms with Crippen LogP contribution in [-0.4, -0.2) is 9.91 Å². The Balaban J connectivity index is 2.01. The van der Waals surface area contributed by atoms with Crippen molar-refractivity contribution in [2.45, 2.75) is 20.0 Å². The monoisotopic (exact) mass is 247 g/mol. The van der Waals surface area contributed by atoms with E-state index in [2.05, 4.69) is 10.3 Å². The topological polar surface area (TPSA) is 81.2 Å². The average Bonchev–Trinajstić information content (AvgIpc) is 2.84. The fourth-order valence-electron chi connectivity index (χ4n) is 1.71. The average molecular weight is 247 g/mol. The molecule has 0 radical (unpaired) electrons. The highest BCUT2D eigenvalue weighted by atomic mass is 16.6. The number of rotatable bonds is 5. The standard InChI is InChI=1S/C12H13N3O3/c1-9-10(3-2-4-12(9)15(16)17)5-13-6-11-7-14-8-18-11/h2-4,7-8,13H,5-6H2,1H3. The lowest BCUT2D eigenvalue weighted by Gasteiger charge is -2.06. The molecule has 0 saturated carbocycles. The third-order valence-corrected chi connectivity index (χ3v) is 2.71. The van der Waals surface area contributed by atoms with Crippen molar-refractivity contribution in [3.05, 3.63) is 57.8 Å². The highest BCUT2D eigenvalue weighted by Crippen LogP contribution is 2.20. The number of nitro groups is 1. The first kappa shape index (κ1) is 12.3. The second-order valence-electron chi connectivity index (χ2n) is 3.89. The van der Waals surface area contributed by atoms with Gasteiger partial charge in [0, 0.05) is 18.2 Å². The van der Waals surface area contributed by atoms with Crippen LogP contribution in [0.15, 0.2) is 35.2 Å². The van der Waals surface area contributed by atoms with Crippen LogP contribution in [0.25, 0.3) is 0 Å². The zero-order valence-corrected chi connectivity index (χ0v) is 9.92. The van der Waals surface area contributed by atoms with Gasteiger partial charge in [-0.2, -0.15) is 0 Å². The molecule has 6 nitrogen and oxygen atoms in total. The summed E-state index contributed by atoms with van der Waals surface area (Å²) >= 11 is 0. The van der Waals surface area contributed by atoms with Gasteiger partial charge in [0.25, 0.3) is 5.69 Å². The molecule has 0 fully saturated rings. The van der Waals surface area contributed by atoms with Crippen molar-refractivity contribution >= 4 is 5.69 Å². The van der Waals surface area contributed by atoms with Gasteiger partial charge in [-0.25, -0.2) is 4.98 Å². The summed E-state index contributed by atoms with van der Waals surface area (Å²) in [7, 11) is 0. The molecule has 0 unspecified atom stereocenters. The molecule has 1 N–H and O–H groups in total. The molecular formula is C12H13N3O3. The lowest BCUT2D eigenvalue weighted by Crippen LogP contribution is -2.13. The first-order valence-corrected chi connectivity index (χ1v) is 5.49. The molecule has 0 atom stereocenters. The van der Waals surface area contributed by atoms with E-state index in [9.17, 15) is 10.1 Å². The molecule has 94 valence electrons. The van der Waals surface area contributed by atoms with Crippen LogP contribution in [0.4, 0.5) is 5.69 Å². The van der Waals surface area contributed by atoms with Gasteiger partial charge < -0.3 is 9.73 Å². The molecule has 0 aliphatic carbocycles. The van der Waals surface area contributed by atoms with Gasteiger partial charge in [-0.1, -0.05) is 12.1 Å². The quantitative estimate of drug-likeness (QED) is 0.647. The minimum absolute atomic E-state index is 0.147. The van der Waals surface area contributed by atoms with Crippen LogP contribution in [0, 0.1) is 17.0 Å². The van der Waals surface area contributed by atoms with Crippen LogP contribution in [0.2, 0.25) is 0 Å². The lowest BCUT2D eigenvalue weighted by molar-refractivity contribution is -0.385. The van der Waals surface area contributed by atoms with Crippen LogP contribution < -0.4 is 5.32 Å². The maximum absolute atomic E-state index is 10.8. The number of benzene rings is 1. The number of oxazole rings is 1. The predicted molar refractivity (Wildman–Crippen MR) is 64.9 cm³/mol. The van der Waals surface area contributed by atoms with Crippen molar-refractivity contribution < 1.29 is 9.34 Å². The van der Waals surface area contributed by atoms with E-state index in [-0.39, 0.29) is 10.6 Å².